The van der Waals surface area contributed by atoms with Gasteiger partial charge in [-0.1, -0.05) is 18.7 Å². The maximum absolute atomic E-state index is 13.1. The molecule has 4 aromatic rings. The smallest absolute Gasteiger partial charge is 0.274 e. The van der Waals surface area contributed by atoms with E-state index >= 15 is 0 Å². The number of amides is 2. The molecule has 2 saturated heterocycles. The highest BCUT2D eigenvalue weighted by atomic mass is 16.5. The standard InChI is InChI=1S/C32H36N8O3/c1-3-29(41)36-25-5-4-12-39(18-25)17-22-10-11-33-28(15-22)32(42)37-24-8-6-23(7-9-24)27-16-26-30(38-27)34-20-35-31(26)40-13-14-43-19-21(40)2/h3,6-11,15-16,20-21,25H,1,4-5,12-14,17-19H2,2H3,(H,36,41)(H,37,42)(H,34,35,38)/t21-,25?/m1/s1. The van der Waals surface area contributed by atoms with Gasteiger partial charge in [-0.25, -0.2) is 9.97 Å². The lowest BCUT2D eigenvalue weighted by atomic mass is 10.0. The first-order valence-corrected chi connectivity index (χ1v) is 14.7. The molecule has 43 heavy (non-hydrogen) atoms. The maximum Gasteiger partial charge on any atom is 0.274 e. The van der Waals surface area contributed by atoms with Crippen molar-refractivity contribution in [1.29, 1.82) is 0 Å². The summed E-state index contributed by atoms with van der Waals surface area (Å²) in [4.78, 5) is 46.1. The Bertz CT molecular complexity index is 1620. The quantitative estimate of drug-likeness (QED) is 0.269. The number of benzene rings is 1. The van der Waals surface area contributed by atoms with Crippen LogP contribution in [0.25, 0.3) is 22.3 Å². The number of nitrogens with one attached hydrogen (secondary N) is 3. The van der Waals surface area contributed by atoms with E-state index in [1.165, 1.54) is 6.08 Å². The van der Waals surface area contributed by atoms with Gasteiger partial charge in [-0.3, -0.25) is 19.5 Å². The van der Waals surface area contributed by atoms with Crippen molar-refractivity contribution in [2.45, 2.75) is 38.4 Å². The number of pyridine rings is 1. The molecule has 1 aromatic carbocycles. The molecule has 11 nitrogen and oxygen atoms in total. The normalized spacial score (nSPS) is 19.2. The van der Waals surface area contributed by atoms with Crippen LogP contribution in [-0.4, -0.2) is 81.6 Å². The Morgan fingerprint density at radius 1 is 1.14 bits per heavy atom. The summed E-state index contributed by atoms with van der Waals surface area (Å²) in [7, 11) is 0. The monoisotopic (exact) mass is 580 g/mol. The molecule has 0 bridgehead atoms. The van der Waals surface area contributed by atoms with Crippen molar-refractivity contribution < 1.29 is 14.3 Å². The highest BCUT2D eigenvalue weighted by Crippen LogP contribution is 2.31. The van der Waals surface area contributed by atoms with Crippen molar-refractivity contribution in [2.75, 3.05) is 43.1 Å². The second kappa shape index (κ2) is 12.7. The van der Waals surface area contributed by atoms with Gasteiger partial charge in [-0.15, -0.1) is 0 Å². The van der Waals surface area contributed by atoms with Crippen LogP contribution in [0, 0.1) is 0 Å². The van der Waals surface area contributed by atoms with E-state index in [2.05, 4.69) is 59.9 Å². The van der Waals surface area contributed by atoms with Gasteiger partial charge < -0.3 is 25.3 Å². The lowest BCUT2D eigenvalue weighted by Crippen LogP contribution is -2.46. The number of carbonyl (C=O) groups is 2. The number of morpholine rings is 1. The van der Waals surface area contributed by atoms with Crippen LogP contribution in [-0.2, 0) is 16.1 Å². The zero-order chi connectivity index (χ0) is 29.8. The molecule has 3 aromatic heterocycles. The van der Waals surface area contributed by atoms with Crippen LogP contribution in [0.1, 0.15) is 35.8 Å². The number of likely N-dealkylation sites (tertiary alicyclic amines) is 1. The Labute approximate surface area is 250 Å². The Morgan fingerprint density at radius 3 is 2.81 bits per heavy atom. The second-order valence-corrected chi connectivity index (χ2v) is 11.1. The lowest BCUT2D eigenvalue weighted by Gasteiger charge is -2.34. The zero-order valence-electron chi connectivity index (χ0n) is 24.3. The molecule has 2 atom stereocenters. The van der Waals surface area contributed by atoms with E-state index in [-0.39, 0.29) is 23.9 Å². The van der Waals surface area contributed by atoms with E-state index < -0.39 is 0 Å². The van der Waals surface area contributed by atoms with Crippen LogP contribution in [0.4, 0.5) is 11.5 Å². The topological polar surface area (TPSA) is 128 Å². The van der Waals surface area contributed by atoms with Gasteiger partial charge in [-0.05, 0) is 73.8 Å². The number of anilines is 2. The van der Waals surface area contributed by atoms with Gasteiger partial charge in [-0.2, -0.15) is 0 Å². The number of ether oxygens (including phenoxy) is 1. The van der Waals surface area contributed by atoms with Crippen molar-refractivity contribution in [3.05, 3.63) is 78.9 Å². The molecule has 2 aliphatic heterocycles. The first kappa shape index (κ1) is 28.5. The van der Waals surface area contributed by atoms with E-state index in [1.807, 2.05) is 36.4 Å². The fraction of sp³-hybridized carbons (Fsp3) is 0.344. The van der Waals surface area contributed by atoms with Crippen LogP contribution in [0.2, 0.25) is 0 Å². The molecule has 222 valence electrons. The fourth-order valence-corrected chi connectivity index (χ4v) is 5.81. The minimum absolute atomic E-state index is 0.0969. The summed E-state index contributed by atoms with van der Waals surface area (Å²) < 4.78 is 5.60. The van der Waals surface area contributed by atoms with Crippen LogP contribution >= 0.6 is 0 Å². The number of hydrogen-bond acceptors (Lipinski definition) is 8. The van der Waals surface area contributed by atoms with Crippen molar-refractivity contribution in [3.8, 4) is 11.3 Å². The van der Waals surface area contributed by atoms with E-state index in [4.69, 9.17) is 4.74 Å². The van der Waals surface area contributed by atoms with Gasteiger partial charge >= 0.3 is 0 Å². The molecule has 0 spiro atoms. The number of nitrogens with zero attached hydrogens (tertiary/aromatic N) is 5. The van der Waals surface area contributed by atoms with Crippen LogP contribution in [0.5, 0.6) is 0 Å². The molecule has 0 aliphatic carbocycles. The highest BCUT2D eigenvalue weighted by Gasteiger charge is 2.24. The Hall–Kier alpha value is -4.61. The van der Waals surface area contributed by atoms with Crippen molar-refractivity contribution in [3.63, 3.8) is 0 Å². The molecular formula is C32H36N8O3. The number of rotatable bonds is 8. The molecule has 5 heterocycles. The highest BCUT2D eigenvalue weighted by molar-refractivity contribution is 6.03. The zero-order valence-corrected chi connectivity index (χ0v) is 24.3. The third-order valence-electron chi connectivity index (χ3n) is 8.00. The van der Waals surface area contributed by atoms with Gasteiger partial charge in [0.25, 0.3) is 5.91 Å². The summed E-state index contributed by atoms with van der Waals surface area (Å²) in [6.07, 6.45) is 6.51. The van der Waals surface area contributed by atoms with E-state index in [0.717, 1.165) is 66.1 Å². The number of H-pyrrole nitrogens is 1. The SMILES string of the molecule is C=CC(=O)NC1CCCN(Cc2ccnc(C(=O)Nc3ccc(-c4cc5c(N6CCOC[C@H]6C)ncnc5[nH]4)cc3)c2)C1. The Balaban J connectivity index is 1.10. The molecule has 6 rings (SSSR count). The molecule has 0 radical (unpaired) electrons. The second-order valence-electron chi connectivity index (χ2n) is 11.1. The maximum atomic E-state index is 13.1. The van der Waals surface area contributed by atoms with E-state index in [9.17, 15) is 9.59 Å². The molecule has 3 N–H and O–H groups in total. The van der Waals surface area contributed by atoms with Crippen LogP contribution in [0.3, 0.4) is 0 Å². The fourth-order valence-electron chi connectivity index (χ4n) is 5.81. The predicted octanol–water partition coefficient (Wildman–Crippen LogP) is 3.76. The molecule has 2 aliphatic rings. The summed E-state index contributed by atoms with van der Waals surface area (Å²) in [6.45, 7) is 10.2. The summed E-state index contributed by atoms with van der Waals surface area (Å²) >= 11 is 0. The third kappa shape index (κ3) is 6.58. The van der Waals surface area contributed by atoms with Crippen molar-refractivity contribution in [2.24, 2.45) is 0 Å². The number of aromatic amines is 1. The number of piperidine rings is 1. The Kier molecular flexibility index (Phi) is 8.43. The van der Waals surface area contributed by atoms with Crippen LogP contribution < -0.4 is 15.5 Å². The van der Waals surface area contributed by atoms with E-state index in [0.29, 0.717) is 31.1 Å². The minimum Gasteiger partial charge on any atom is -0.377 e. The molecular weight excluding hydrogens is 544 g/mol. The molecule has 2 fully saturated rings. The number of hydrogen-bond donors (Lipinski definition) is 3. The molecule has 0 saturated carbocycles. The minimum atomic E-state index is -0.269. The van der Waals surface area contributed by atoms with Gasteiger partial charge in [0.05, 0.1) is 24.6 Å². The summed E-state index contributed by atoms with van der Waals surface area (Å²) in [5.41, 5.74) is 4.71. The van der Waals surface area contributed by atoms with Gasteiger partial charge in [0.2, 0.25) is 5.91 Å². The number of carbonyl (C=O) groups excluding carboxylic acids is 2. The predicted molar refractivity (Wildman–Crippen MR) is 166 cm³/mol. The van der Waals surface area contributed by atoms with Crippen molar-refractivity contribution in [1.82, 2.24) is 30.2 Å². The van der Waals surface area contributed by atoms with Gasteiger partial charge in [0.1, 0.15) is 23.5 Å². The summed E-state index contributed by atoms with van der Waals surface area (Å²) in [5.74, 6) is 0.488. The van der Waals surface area contributed by atoms with Gasteiger partial charge in [0, 0.05) is 43.3 Å². The molecule has 1 unspecified atom stereocenters. The number of aromatic nitrogens is 4. The lowest BCUT2D eigenvalue weighted by molar-refractivity contribution is -0.117. The van der Waals surface area contributed by atoms with Gasteiger partial charge in [0.15, 0.2) is 0 Å². The molecule has 2 amide bonds. The Morgan fingerprint density at radius 2 is 2.00 bits per heavy atom. The largest absolute Gasteiger partial charge is 0.377 e. The average molecular weight is 581 g/mol. The third-order valence-corrected chi connectivity index (χ3v) is 8.00. The van der Waals surface area contributed by atoms with Crippen molar-refractivity contribution >= 4 is 34.4 Å². The first-order valence-electron chi connectivity index (χ1n) is 14.7. The summed E-state index contributed by atoms with van der Waals surface area (Å²) in [5, 5.41) is 6.92. The first-order chi connectivity index (χ1) is 21.0. The average Bonchev–Trinajstić information content (AvgIpc) is 3.47. The molecule has 11 heteroatoms. The number of fused-ring (bicyclic) bond motifs is 1. The van der Waals surface area contributed by atoms with E-state index in [1.54, 1.807) is 12.5 Å². The van der Waals surface area contributed by atoms with Crippen LogP contribution in [0.15, 0.2) is 67.6 Å². The summed E-state index contributed by atoms with van der Waals surface area (Å²) in [6, 6.07) is 13.8.